The zero-order chi connectivity index (χ0) is 14.0. The molecule has 2 rings (SSSR count). The van der Waals surface area contributed by atoms with Crippen molar-refractivity contribution >= 4 is 15.7 Å². The Bertz CT molecular complexity index is 561. The van der Waals surface area contributed by atoms with E-state index in [0.717, 1.165) is 36.8 Å². The molecule has 5 heteroatoms. The van der Waals surface area contributed by atoms with Crippen LogP contribution in [0.2, 0.25) is 0 Å². The fourth-order valence-electron chi connectivity index (χ4n) is 2.67. The van der Waals surface area contributed by atoms with Gasteiger partial charge in [-0.3, -0.25) is 0 Å². The number of nitrogens with one attached hydrogen (secondary N) is 1. The maximum absolute atomic E-state index is 12.5. The molecule has 3 N–H and O–H groups in total. The molecule has 0 aliphatic heterocycles. The third-order valence-electron chi connectivity index (χ3n) is 3.90. The Labute approximate surface area is 115 Å². The van der Waals surface area contributed by atoms with Gasteiger partial charge in [-0.2, -0.15) is 0 Å². The monoisotopic (exact) mass is 282 g/mol. The number of aryl methyl sites for hydroxylation is 1. The molecule has 106 valence electrons. The van der Waals surface area contributed by atoms with Gasteiger partial charge in [0.15, 0.2) is 0 Å². The second-order valence-corrected chi connectivity index (χ2v) is 7.03. The van der Waals surface area contributed by atoms with E-state index in [1.165, 1.54) is 6.42 Å². The Morgan fingerprint density at radius 2 is 1.79 bits per heavy atom. The summed E-state index contributed by atoms with van der Waals surface area (Å²) in [4.78, 5) is 0.248. The molecule has 0 unspecified atom stereocenters. The molecule has 1 aliphatic rings. The van der Waals surface area contributed by atoms with Gasteiger partial charge >= 0.3 is 0 Å². The summed E-state index contributed by atoms with van der Waals surface area (Å²) in [7, 11) is -3.52. The van der Waals surface area contributed by atoms with Crippen LogP contribution in [0.5, 0.6) is 0 Å². The van der Waals surface area contributed by atoms with Crippen molar-refractivity contribution in [3.63, 3.8) is 0 Å². The van der Waals surface area contributed by atoms with E-state index in [0.29, 0.717) is 5.69 Å². The van der Waals surface area contributed by atoms with Crippen molar-refractivity contribution in [1.29, 1.82) is 0 Å². The average molecular weight is 282 g/mol. The van der Waals surface area contributed by atoms with Gasteiger partial charge in [0.1, 0.15) is 4.90 Å². The van der Waals surface area contributed by atoms with Gasteiger partial charge in [0.25, 0.3) is 0 Å². The predicted octanol–water partition coefficient (Wildman–Crippen LogP) is 2.50. The van der Waals surface area contributed by atoms with E-state index in [2.05, 4.69) is 4.72 Å². The molecular formula is C14H22N2O2S. The number of anilines is 1. The number of hydrogen-bond acceptors (Lipinski definition) is 3. The fourth-order valence-corrected chi connectivity index (χ4v) is 4.40. The third-order valence-corrected chi connectivity index (χ3v) is 5.63. The quantitative estimate of drug-likeness (QED) is 0.837. The topological polar surface area (TPSA) is 72.2 Å². The second kappa shape index (κ2) is 5.51. The second-order valence-electron chi connectivity index (χ2n) is 5.38. The van der Waals surface area contributed by atoms with Gasteiger partial charge in [-0.1, -0.05) is 25.3 Å². The first-order valence-corrected chi connectivity index (χ1v) is 8.28. The summed E-state index contributed by atoms with van der Waals surface area (Å²) in [5, 5.41) is 0. The van der Waals surface area contributed by atoms with Gasteiger partial charge in [-0.05, 0) is 43.9 Å². The number of sulfonamides is 1. The van der Waals surface area contributed by atoms with Crippen molar-refractivity contribution in [3.8, 4) is 0 Å². The first kappa shape index (κ1) is 14.3. The summed E-state index contributed by atoms with van der Waals surface area (Å²) >= 11 is 0. The van der Waals surface area contributed by atoms with Crippen molar-refractivity contribution in [2.45, 2.75) is 56.9 Å². The molecule has 1 aromatic carbocycles. The van der Waals surface area contributed by atoms with E-state index < -0.39 is 10.0 Å². The molecule has 1 fully saturated rings. The lowest BCUT2D eigenvalue weighted by Gasteiger charge is -2.23. The molecule has 19 heavy (non-hydrogen) atoms. The molecule has 0 radical (unpaired) electrons. The van der Waals surface area contributed by atoms with Gasteiger partial charge < -0.3 is 5.73 Å². The van der Waals surface area contributed by atoms with Crippen LogP contribution in [0.25, 0.3) is 0 Å². The predicted molar refractivity (Wildman–Crippen MR) is 77.5 cm³/mol. The summed E-state index contributed by atoms with van der Waals surface area (Å²) in [6.45, 7) is 3.70. The van der Waals surface area contributed by atoms with Crippen LogP contribution in [-0.2, 0) is 10.0 Å². The van der Waals surface area contributed by atoms with Crippen LogP contribution in [-0.4, -0.2) is 14.5 Å². The molecule has 1 saturated carbocycles. The molecule has 4 nitrogen and oxygen atoms in total. The number of hydrogen-bond donors (Lipinski definition) is 2. The Morgan fingerprint density at radius 3 is 2.42 bits per heavy atom. The number of nitrogens with two attached hydrogens (primary N) is 1. The number of benzene rings is 1. The van der Waals surface area contributed by atoms with Crippen LogP contribution in [0.15, 0.2) is 17.0 Å². The SMILES string of the molecule is Cc1ccc(N)c(S(=O)(=O)NC2CCCCC2)c1C. The maximum Gasteiger partial charge on any atom is 0.243 e. The highest BCUT2D eigenvalue weighted by Gasteiger charge is 2.25. The van der Waals surface area contributed by atoms with Crippen molar-refractivity contribution < 1.29 is 8.42 Å². The van der Waals surface area contributed by atoms with Crippen LogP contribution >= 0.6 is 0 Å². The molecule has 1 aliphatic carbocycles. The third kappa shape index (κ3) is 3.09. The minimum Gasteiger partial charge on any atom is -0.398 e. The molecule has 0 aromatic heterocycles. The van der Waals surface area contributed by atoms with E-state index in [9.17, 15) is 8.42 Å². The highest BCUT2D eigenvalue weighted by atomic mass is 32.2. The normalized spacial score (nSPS) is 17.6. The molecular weight excluding hydrogens is 260 g/mol. The smallest absolute Gasteiger partial charge is 0.243 e. The fraction of sp³-hybridized carbons (Fsp3) is 0.571. The van der Waals surface area contributed by atoms with Crippen LogP contribution in [0, 0.1) is 13.8 Å². The summed E-state index contributed by atoms with van der Waals surface area (Å²) < 4.78 is 27.8. The standard InChI is InChI=1S/C14H22N2O2S/c1-10-8-9-13(15)14(11(10)2)19(17,18)16-12-6-4-3-5-7-12/h8-9,12,16H,3-7,15H2,1-2H3. The lowest BCUT2D eigenvalue weighted by atomic mass is 9.96. The maximum atomic E-state index is 12.5. The van der Waals surface area contributed by atoms with Crippen LogP contribution in [0.4, 0.5) is 5.69 Å². The highest BCUT2D eigenvalue weighted by Crippen LogP contribution is 2.27. The van der Waals surface area contributed by atoms with Gasteiger partial charge in [0, 0.05) is 6.04 Å². The molecule has 0 atom stereocenters. The lowest BCUT2D eigenvalue weighted by molar-refractivity contribution is 0.412. The lowest BCUT2D eigenvalue weighted by Crippen LogP contribution is -2.36. The van der Waals surface area contributed by atoms with Crippen molar-refractivity contribution in [1.82, 2.24) is 4.72 Å². The van der Waals surface area contributed by atoms with Crippen molar-refractivity contribution in [2.24, 2.45) is 0 Å². The van der Waals surface area contributed by atoms with Gasteiger partial charge in [-0.25, -0.2) is 13.1 Å². The largest absolute Gasteiger partial charge is 0.398 e. The Hall–Kier alpha value is -1.07. The van der Waals surface area contributed by atoms with Crippen LogP contribution in [0.1, 0.15) is 43.2 Å². The first-order chi connectivity index (χ1) is 8.92. The number of nitrogen functional groups attached to an aromatic ring is 1. The summed E-state index contributed by atoms with van der Waals surface area (Å²) in [5.41, 5.74) is 7.87. The Kier molecular flexibility index (Phi) is 4.16. The molecule has 0 amide bonds. The average Bonchev–Trinajstić information content (AvgIpc) is 2.35. The minimum absolute atomic E-state index is 0.0538. The van der Waals surface area contributed by atoms with Gasteiger partial charge in [0.05, 0.1) is 5.69 Å². The van der Waals surface area contributed by atoms with Crippen LogP contribution < -0.4 is 10.5 Å². The zero-order valence-electron chi connectivity index (χ0n) is 11.6. The van der Waals surface area contributed by atoms with Crippen molar-refractivity contribution in [2.75, 3.05) is 5.73 Å². The zero-order valence-corrected chi connectivity index (χ0v) is 12.4. The van der Waals surface area contributed by atoms with E-state index >= 15 is 0 Å². The highest BCUT2D eigenvalue weighted by molar-refractivity contribution is 7.89. The van der Waals surface area contributed by atoms with Gasteiger partial charge in [0.2, 0.25) is 10.0 Å². The van der Waals surface area contributed by atoms with Gasteiger partial charge in [-0.15, -0.1) is 0 Å². The molecule has 0 spiro atoms. The Balaban J connectivity index is 2.31. The van der Waals surface area contributed by atoms with E-state index in [1.807, 2.05) is 13.0 Å². The molecule has 0 saturated heterocycles. The van der Waals surface area contributed by atoms with E-state index in [4.69, 9.17) is 5.73 Å². The number of rotatable bonds is 3. The first-order valence-electron chi connectivity index (χ1n) is 6.80. The minimum atomic E-state index is -3.52. The summed E-state index contributed by atoms with van der Waals surface area (Å²) in [6, 6.07) is 3.57. The van der Waals surface area contributed by atoms with Crippen LogP contribution in [0.3, 0.4) is 0 Å². The van der Waals surface area contributed by atoms with Crippen molar-refractivity contribution in [3.05, 3.63) is 23.3 Å². The van der Waals surface area contributed by atoms with E-state index in [1.54, 1.807) is 13.0 Å². The summed E-state index contributed by atoms with van der Waals surface area (Å²) in [5.74, 6) is 0. The summed E-state index contributed by atoms with van der Waals surface area (Å²) in [6.07, 6.45) is 5.22. The molecule has 0 heterocycles. The molecule has 0 bridgehead atoms. The Morgan fingerprint density at radius 1 is 1.16 bits per heavy atom. The van der Waals surface area contributed by atoms with E-state index in [-0.39, 0.29) is 10.9 Å². The molecule has 1 aromatic rings.